The van der Waals surface area contributed by atoms with Crippen molar-refractivity contribution in [3.05, 3.63) is 70.2 Å². The van der Waals surface area contributed by atoms with Gasteiger partial charge in [-0.05, 0) is 35.4 Å². The third kappa shape index (κ3) is 4.54. The summed E-state index contributed by atoms with van der Waals surface area (Å²) >= 11 is 13.8. The second-order valence-corrected chi connectivity index (χ2v) is 7.84. The largest absolute Gasteiger partial charge is 0.493 e. The van der Waals surface area contributed by atoms with Crippen LogP contribution in [0.4, 0.5) is 0 Å². The van der Waals surface area contributed by atoms with Crippen LogP contribution in [0.25, 0.3) is 0 Å². The standard InChI is InChI=1S/C20H19Cl2NO3S/c1-3-8-26-17-7-5-13(9-18(17)25-2)20-23(19(24)12-27-20)11-14-4-6-15(21)10-16(14)22/h3-7,9-10,20H,1,8,11-12H2,2H3/t20-/m0/s1. The van der Waals surface area contributed by atoms with E-state index < -0.39 is 0 Å². The fraction of sp³-hybridized carbons (Fsp3) is 0.250. The summed E-state index contributed by atoms with van der Waals surface area (Å²) in [6.07, 6.45) is 1.68. The number of carbonyl (C=O) groups is 1. The SMILES string of the molecule is C=CCOc1ccc([C@@H]2SCC(=O)N2Cc2ccc(Cl)cc2Cl)cc1OC. The number of hydrogen-bond acceptors (Lipinski definition) is 4. The molecule has 0 aliphatic carbocycles. The van der Waals surface area contributed by atoms with Gasteiger partial charge in [-0.1, -0.05) is 48.0 Å². The highest BCUT2D eigenvalue weighted by Gasteiger charge is 2.33. The molecule has 142 valence electrons. The molecule has 1 atom stereocenters. The Labute approximate surface area is 173 Å². The van der Waals surface area contributed by atoms with Gasteiger partial charge in [-0.3, -0.25) is 4.79 Å². The van der Waals surface area contributed by atoms with E-state index in [0.717, 1.165) is 11.1 Å². The molecule has 1 amide bonds. The molecule has 0 N–H and O–H groups in total. The Kier molecular flexibility index (Phi) is 6.58. The molecule has 0 bridgehead atoms. The summed E-state index contributed by atoms with van der Waals surface area (Å²) in [4.78, 5) is 14.3. The van der Waals surface area contributed by atoms with E-state index in [0.29, 0.717) is 40.4 Å². The van der Waals surface area contributed by atoms with Gasteiger partial charge < -0.3 is 14.4 Å². The van der Waals surface area contributed by atoms with E-state index in [2.05, 4.69) is 6.58 Å². The van der Waals surface area contributed by atoms with Crippen LogP contribution in [-0.4, -0.2) is 30.3 Å². The van der Waals surface area contributed by atoms with Crippen molar-refractivity contribution in [3.63, 3.8) is 0 Å². The summed E-state index contributed by atoms with van der Waals surface area (Å²) in [7, 11) is 1.60. The van der Waals surface area contributed by atoms with E-state index >= 15 is 0 Å². The third-order valence-corrected chi connectivity index (χ3v) is 6.00. The van der Waals surface area contributed by atoms with E-state index in [1.165, 1.54) is 0 Å². The summed E-state index contributed by atoms with van der Waals surface area (Å²) in [6, 6.07) is 11.0. The lowest BCUT2D eigenvalue weighted by Crippen LogP contribution is -2.27. The first kappa shape index (κ1) is 19.9. The highest BCUT2D eigenvalue weighted by molar-refractivity contribution is 8.00. The molecule has 1 fully saturated rings. The molecule has 3 rings (SSSR count). The van der Waals surface area contributed by atoms with Crippen molar-refractivity contribution >= 4 is 40.9 Å². The summed E-state index contributed by atoms with van der Waals surface area (Å²) in [5, 5.41) is 1.01. The highest BCUT2D eigenvalue weighted by Crippen LogP contribution is 2.42. The minimum Gasteiger partial charge on any atom is -0.493 e. The molecule has 27 heavy (non-hydrogen) atoms. The molecule has 0 spiro atoms. The quantitative estimate of drug-likeness (QED) is 0.563. The maximum Gasteiger partial charge on any atom is 0.234 e. The molecule has 1 saturated heterocycles. The zero-order valence-electron chi connectivity index (χ0n) is 14.8. The Morgan fingerprint density at radius 2 is 2.07 bits per heavy atom. The molecule has 1 heterocycles. The molecule has 0 saturated carbocycles. The molecule has 4 nitrogen and oxygen atoms in total. The van der Waals surface area contributed by atoms with Crippen molar-refractivity contribution in [1.29, 1.82) is 0 Å². The van der Waals surface area contributed by atoms with Crippen LogP contribution in [0.3, 0.4) is 0 Å². The zero-order chi connectivity index (χ0) is 19.4. The molecule has 0 unspecified atom stereocenters. The second kappa shape index (κ2) is 8.91. The van der Waals surface area contributed by atoms with Crippen molar-refractivity contribution in [2.24, 2.45) is 0 Å². The third-order valence-electron chi connectivity index (χ3n) is 4.15. The predicted molar refractivity (Wildman–Crippen MR) is 111 cm³/mol. The number of carbonyl (C=O) groups excluding carboxylic acids is 1. The van der Waals surface area contributed by atoms with Crippen LogP contribution in [-0.2, 0) is 11.3 Å². The van der Waals surface area contributed by atoms with Crippen molar-refractivity contribution < 1.29 is 14.3 Å². The lowest BCUT2D eigenvalue weighted by atomic mass is 10.1. The van der Waals surface area contributed by atoms with Gasteiger partial charge in [-0.15, -0.1) is 11.8 Å². The average molecular weight is 424 g/mol. The Bertz CT molecular complexity index is 859. The van der Waals surface area contributed by atoms with Gasteiger partial charge in [0.2, 0.25) is 5.91 Å². The van der Waals surface area contributed by atoms with Gasteiger partial charge in [0.05, 0.1) is 12.9 Å². The monoisotopic (exact) mass is 423 g/mol. The highest BCUT2D eigenvalue weighted by atomic mass is 35.5. The fourth-order valence-corrected chi connectivity index (χ4v) is 4.49. The smallest absolute Gasteiger partial charge is 0.234 e. The number of amides is 1. The number of benzene rings is 2. The molecule has 1 aliphatic rings. The van der Waals surface area contributed by atoms with Crippen LogP contribution in [0.15, 0.2) is 49.1 Å². The van der Waals surface area contributed by atoms with E-state index in [4.69, 9.17) is 32.7 Å². The van der Waals surface area contributed by atoms with Gasteiger partial charge in [0.15, 0.2) is 11.5 Å². The lowest BCUT2D eigenvalue weighted by molar-refractivity contribution is -0.128. The Morgan fingerprint density at radius 3 is 2.78 bits per heavy atom. The van der Waals surface area contributed by atoms with Gasteiger partial charge in [0.25, 0.3) is 0 Å². The molecule has 7 heteroatoms. The van der Waals surface area contributed by atoms with Crippen LogP contribution in [0.2, 0.25) is 10.0 Å². The van der Waals surface area contributed by atoms with Crippen molar-refractivity contribution in [2.45, 2.75) is 11.9 Å². The predicted octanol–water partition coefficient (Wildman–Crippen LogP) is 5.34. The van der Waals surface area contributed by atoms with Crippen molar-refractivity contribution in [3.8, 4) is 11.5 Å². The molecule has 0 radical (unpaired) electrons. The first-order valence-electron chi connectivity index (χ1n) is 8.30. The van der Waals surface area contributed by atoms with Gasteiger partial charge in [0, 0.05) is 16.6 Å². The van der Waals surface area contributed by atoms with Crippen molar-refractivity contribution in [2.75, 3.05) is 19.5 Å². The molecular formula is C20H19Cl2NO3S. The normalized spacial score (nSPS) is 16.5. The van der Waals surface area contributed by atoms with Gasteiger partial charge in [-0.25, -0.2) is 0 Å². The summed E-state index contributed by atoms with van der Waals surface area (Å²) in [5.74, 6) is 1.76. The molecule has 1 aliphatic heterocycles. The van der Waals surface area contributed by atoms with Gasteiger partial charge in [0.1, 0.15) is 12.0 Å². The number of thioether (sulfide) groups is 1. The Hall–Kier alpha value is -1.82. The minimum atomic E-state index is -0.119. The molecule has 0 aromatic heterocycles. The van der Waals surface area contributed by atoms with E-state index in [1.54, 1.807) is 37.1 Å². The minimum absolute atomic E-state index is 0.0713. The maximum atomic E-state index is 12.5. The number of methoxy groups -OCH3 is 1. The fourth-order valence-electron chi connectivity index (χ4n) is 2.84. The number of halogens is 2. The Balaban J connectivity index is 1.86. The first-order valence-corrected chi connectivity index (χ1v) is 10.1. The molecular weight excluding hydrogens is 405 g/mol. The lowest BCUT2D eigenvalue weighted by Gasteiger charge is -2.25. The summed E-state index contributed by atoms with van der Waals surface area (Å²) < 4.78 is 11.1. The van der Waals surface area contributed by atoms with Crippen LogP contribution in [0.5, 0.6) is 11.5 Å². The number of hydrogen-bond donors (Lipinski definition) is 0. The van der Waals surface area contributed by atoms with E-state index in [9.17, 15) is 4.79 Å². The van der Waals surface area contributed by atoms with Crippen LogP contribution in [0.1, 0.15) is 16.5 Å². The van der Waals surface area contributed by atoms with Crippen LogP contribution >= 0.6 is 35.0 Å². The van der Waals surface area contributed by atoms with Gasteiger partial charge in [-0.2, -0.15) is 0 Å². The summed E-state index contributed by atoms with van der Waals surface area (Å²) in [6.45, 7) is 4.47. The Morgan fingerprint density at radius 1 is 1.26 bits per heavy atom. The number of rotatable bonds is 7. The zero-order valence-corrected chi connectivity index (χ0v) is 17.1. The average Bonchev–Trinajstić information content (AvgIpc) is 3.02. The summed E-state index contributed by atoms with van der Waals surface area (Å²) in [5.41, 5.74) is 1.83. The number of ether oxygens (including phenoxy) is 2. The molecule has 2 aromatic rings. The van der Waals surface area contributed by atoms with E-state index in [-0.39, 0.29) is 11.3 Å². The second-order valence-electron chi connectivity index (χ2n) is 5.93. The van der Waals surface area contributed by atoms with Crippen LogP contribution < -0.4 is 9.47 Å². The first-order chi connectivity index (χ1) is 13.0. The molecule has 2 aromatic carbocycles. The van der Waals surface area contributed by atoms with Crippen molar-refractivity contribution in [1.82, 2.24) is 4.90 Å². The topological polar surface area (TPSA) is 38.8 Å². The van der Waals surface area contributed by atoms with Gasteiger partial charge >= 0.3 is 0 Å². The maximum absolute atomic E-state index is 12.5. The van der Waals surface area contributed by atoms with Crippen LogP contribution in [0, 0.1) is 0 Å². The number of nitrogens with zero attached hydrogens (tertiary/aromatic N) is 1. The van der Waals surface area contributed by atoms with E-state index in [1.807, 2.05) is 29.2 Å².